The highest BCUT2D eigenvalue weighted by atomic mass is 16.5. The first-order valence-corrected chi connectivity index (χ1v) is 6.77. The van der Waals surface area contributed by atoms with Crippen molar-refractivity contribution < 1.29 is 14.2 Å². The third-order valence-corrected chi connectivity index (χ3v) is 3.43. The number of hydrogen-bond acceptors (Lipinski definition) is 4. The molecule has 112 valence electrons. The average Bonchev–Trinajstić information content (AvgIpc) is 2.53. The lowest BCUT2D eigenvalue weighted by Gasteiger charge is -2.16. The summed E-state index contributed by atoms with van der Waals surface area (Å²) in [6, 6.07) is 11.9. The molecule has 0 heterocycles. The summed E-state index contributed by atoms with van der Waals surface area (Å²) in [6.45, 7) is 1.96. The van der Waals surface area contributed by atoms with Gasteiger partial charge in [0.15, 0.2) is 11.5 Å². The molecule has 0 amide bonds. The van der Waals surface area contributed by atoms with E-state index in [-0.39, 0.29) is 6.04 Å². The van der Waals surface area contributed by atoms with Crippen molar-refractivity contribution in [1.82, 2.24) is 0 Å². The van der Waals surface area contributed by atoms with Gasteiger partial charge in [-0.05, 0) is 36.2 Å². The molecule has 0 aliphatic heterocycles. The first-order valence-electron chi connectivity index (χ1n) is 6.77. The van der Waals surface area contributed by atoms with E-state index in [1.54, 1.807) is 21.3 Å². The van der Waals surface area contributed by atoms with Gasteiger partial charge in [-0.3, -0.25) is 0 Å². The summed E-state index contributed by atoms with van der Waals surface area (Å²) in [7, 11) is 4.83. The fraction of sp³-hybridized carbons (Fsp3) is 0.294. The summed E-state index contributed by atoms with van der Waals surface area (Å²) >= 11 is 0. The summed E-state index contributed by atoms with van der Waals surface area (Å²) in [5, 5.41) is 0. The van der Waals surface area contributed by atoms with Gasteiger partial charge >= 0.3 is 0 Å². The Hall–Kier alpha value is -2.20. The van der Waals surface area contributed by atoms with Gasteiger partial charge in [-0.2, -0.15) is 0 Å². The molecule has 0 spiro atoms. The quantitative estimate of drug-likeness (QED) is 0.915. The predicted molar refractivity (Wildman–Crippen MR) is 84.1 cm³/mol. The van der Waals surface area contributed by atoms with Crippen LogP contribution in [0.5, 0.6) is 17.2 Å². The lowest BCUT2D eigenvalue weighted by atomic mass is 9.99. The standard InChI is InChI=1S/C17H21NO3/c1-11(18)12-6-5-7-13(10-12)14-8-9-15(19-2)17(21-4)16(14)20-3/h5-11H,18H2,1-4H3. The third-order valence-electron chi connectivity index (χ3n) is 3.43. The van der Waals surface area contributed by atoms with Gasteiger partial charge in [0, 0.05) is 11.6 Å². The summed E-state index contributed by atoms with van der Waals surface area (Å²) in [5.41, 5.74) is 9.00. The van der Waals surface area contributed by atoms with E-state index in [0.29, 0.717) is 17.2 Å². The maximum Gasteiger partial charge on any atom is 0.203 e. The van der Waals surface area contributed by atoms with Crippen molar-refractivity contribution in [2.45, 2.75) is 13.0 Å². The molecule has 2 N–H and O–H groups in total. The molecule has 2 aromatic rings. The molecule has 0 saturated carbocycles. The van der Waals surface area contributed by atoms with Crippen LogP contribution < -0.4 is 19.9 Å². The van der Waals surface area contributed by atoms with Crippen LogP contribution in [0, 0.1) is 0 Å². The lowest BCUT2D eigenvalue weighted by molar-refractivity contribution is 0.325. The van der Waals surface area contributed by atoms with Gasteiger partial charge in [-0.15, -0.1) is 0 Å². The maximum absolute atomic E-state index is 5.96. The smallest absolute Gasteiger partial charge is 0.203 e. The molecule has 0 saturated heterocycles. The van der Waals surface area contributed by atoms with Crippen molar-refractivity contribution in [1.29, 1.82) is 0 Å². The van der Waals surface area contributed by atoms with E-state index in [1.807, 2.05) is 37.3 Å². The normalized spacial score (nSPS) is 11.9. The van der Waals surface area contributed by atoms with Crippen LogP contribution in [0.15, 0.2) is 36.4 Å². The molecular weight excluding hydrogens is 266 g/mol. The SMILES string of the molecule is COc1ccc(-c2cccc(C(C)N)c2)c(OC)c1OC. The Morgan fingerprint density at radius 2 is 1.62 bits per heavy atom. The summed E-state index contributed by atoms with van der Waals surface area (Å²) in [5.74, 6) is 1.88. The van der Waals surface area contributed by atoms with Crippen LogP contribution in [-0.4, -0.2) is 21.3 Å². The number of rotatable bonds is 5. The third kappa shape index (κ3) is 2.95. The Balaban J connectivity index is 2.61. The molecule has 0 bridgehead atoms. The minimum atomic E-state index is -0.0175. The Labute approximate surface area is 125 Å². The van der Waals surface area contributed by atoms with E-state index >= 15 is 0 Å². The zero-order valence-corrected chi connectivity index (χ0v) is 12.8. The second-order valence-electron chi connectivity index (χ2n) is 4.80. The number of methoxy groups -OCH3 is 3. The molecule has 2 rings (SSSR count). The second-order valence-corrected chi connectivity index (χ2v) is 4.80. The largest absolute Gasteiger partial charge is 0.493 e. The first kappa shape index (κ1) is 15.2. The van der Waals surface area contributed by atoms with Gasteiger partial charge in [0.2, 0.25) is 5.75 Å². The highest BCUT2D eigenvalue weighted by molar-refractivity contribution is 5.76. The van der Waals surface area contributed by atoms with Crippen molar-refractivity contribution in [3.05, 3.63) is 42.0 Å². The molecule has 1 atom stereocenters. The zero-order chi connectivity index (χ0) is 15.4. The fourth-order valence-electron chi connectivity index (χ4n) is 2.32. The Morgan fingerprint density at radius 3 is 2.19 bits per heavy atom. The van der Waals surface area contributed by atoms with E-state index in [4.69, 9.17) is 19.9 Å². The van der Waals surface area contributed by atoms with Crippen LogP contribution in [0.1, 0.15) is 18.5 Å². The minimum Gasteiger partial charge on any atom is -0.493 e. The van der Waals surface area contributed by atoms with E-state index in [1.165, 1.54) is 0 Å². The molecule has 0 fully saturated rings. The topological polar surface area (TPSA) is 53.7 Å². The Kier molecular flexibility index (Phi) is 4.70. The van der Waals surface area contributed by atoms with Crippen molar-refractivity contribution in [2.75, 3.05) is 21.3 Å². The van der Waals surface area contributed by atoms with Crippen LogP contribution in [-0.2, 0) is 0 Å². The predicted octanol–water partition coefficient (Wildman–Crippen LogP) is 3.40. The van der Waals surface area contributed by atoms with Crippen molar-refractivity contribution in [3.63, 3.8) is 0 Å². The summed E-state index contributed by atoms with van der Waals surface area (Å²) < 4.78 is 16.3. The van der Waals surface area contributed by atoms with E-state index in [0.717, 1.165) is 16.7 Å². The van der Waals surface area contributed by atoms with Crippen LogP contribution in [0.25, 0.3) is 11.1 Å². The highest BCUT2D eigenvalue weighted by Gasteiger charge is 2.17. The summed E-state index contributed by atoms with van der Waals surface area (Å²) in [4.78, 5) is 0. The summed E-state index contributed by atoms with van der Waals surface area (Å²) in [6.07, 6.45) is 0. The number of hydrogen-bond donors (Lipinski definition) is 1. The van der Waals surface area contributed by atoms with Crippen molar-refractivity contribution in [3.8, 4) is 28.4 Å². The van der Waals surface area contributed by atoms with Gasteiger partial charge < -0.3 is 19.9 Å². The number of nitrogens with two attached hydrogens (primary N) is 1. The van der Waals surface area contributed by atoms with Crippen LogP contribution in [0.3, 0.4) is 0 Å². The highest BCUT2D eigenvalue weighted by Crippen LogP contribution is 2.44. The first-order chi connectivity index (χ1) is 10.1. The van der Waals surface area contributed by atoms with E-state index in [9.17, 15) is 0 Å². The van der Waals surface area contributed by atoms with Crippen LogP contribution in [0.4, 0.5) is 0 Å². The molecule has 0 aliphatic carbocycles. The van der Waals surface area contributed by atoms with E-state index in [2.05, 4.69) is 6.07 Å². The molecule has 4 nitrogen and oxygen atoms in total. The zero-order valence-electron chi connectivity index (χ0n) is 12.8. The molecule has 0 aromatic heterocycles. The van der Waals surface area contributed by atoms with Crippen molar-refractivity contribution >= 4 is 0 Å². The minimum absolute atomic E-state index is 0.0175. The number of ether oxygens (including phenoxy) is 3. The van der Waals surface area contributed by atoms with Gasteiger partial charge in [0.25, 0.3) is 0 Å². The van der Waals surface area contributed by atoms with Gasteiger partial charge in [-0.25, -0.2) is 0 Å². The van der Waals surface area contributed by atoms with Gasteiger partial charge in [-0.1, -0.05) is 18.2 Å². The van der Waals surface area contributed by atoms with Gasteiger partial charge in [0.05, 0.1) is 21.3 Å². The molecule has 21 heavy (non-hydrogen) atoms. The monoisotopic (exact) mass is 287 g/mol. The van der Waals surface area contributed by atoms with Gasteiger partial charge in [0.1, 0.15) is 0 Å². The van der Waals surface area contributed by atoms with Crippen LogP contribution in [0.2, 0.25) is 0 Å². The van der Waals surface area contributed by atoms with Crippen LogP contribution >= 0.6 is 0 Å². The Bertz CT molecular complexity index is 623. The fourth-order valence-corrected chi connectivity index (χ4v) is 2.32. The molecule has 1 unspecified atom stereocenters. The lowest BCUT2D eigenvalue weighted by Crippen LogP contribution is -2.04. The molecular formula is C17H21NO3. The number of benzene rings is 2. The molecule has 0 aliphatic rings. The maximum atomic E-state index is 5.96. The average molecular weight is 287 g/mol. The molecule has 4 heteroatoms. The molecule has 0 radical (unpaired) electrons. The van der Waals surface area contributed by atoms with E-state index < -0.39 is 0 Å². The second kappa shape index (κ2) is 6.50. The Morgan fingerprint density at radius 1 is 0.905 bits per heavy atom. The molecule has 2 aromatic carbocycles. The van der Waals surface area contributed by atoms with Crippen molar-refractivity contribution in [2.24, 2.45) is 5.73 Å².